The van der Waals surface area contributed by atoms with E-state index in [1.165, 1.54) is 0 Å². The van der Waals surface area contributed by atoms with Crippen molar-refractivity contribution in [1.29, 1.82) is 0 Å². The average Bonchev–Trinajstić information content (AvgIpc) is 2.49. The smallest absolute Gasteiger partial charge is 0.230 e. The molecule has 1 aromatic carbocycles. The second kappa shape index (κ2) is 6.01. The Hall–Kier alpha value is -2.63. The Labute approximate surface area is 117 Å². The summed E-state index contributed by atoms with van der Waals surface area (Å²) < 4.78 is 0. The van der Waals surface area contributed by atoms with Crippen molar-refractivity contribution >= 4 is 17.5 Å². The van der Waals surface area contributed by atoms with Crippen LogP contribution >= 0.6 is 0 Å². The van der Waals surface area contributed by atoms with Crippen LogP contribution < -0.4 is 10.6 Å². The summed E-state index contributed by atoms with van der Waals surface area (Å²) in [5.74, 6) is 0.486. The van der Waals surface area contributed by atoms with Crippen molar-refractivity contribution in [2.24, 2.45) is 10.9 Å². The molecule has 6 nitrogen and oxygen atoms in total. The lowest BCUT2D eigenvalue weighted by Gasteiger charge is -2.22. The number of hydrogen-bond donors (Lipinski definition) is 2. The van der Waals surface area contributed by atoms with Gasteiger partial charge < -0.3 is 15.8 Å². The van der Waals surface area contributed by atoms with Crippen LogP contribution in [0, 0.1) is 6.92 Å². The minimum absolute atomic E-state index is 0.0329. The van der Waals surface area contributed by atoms with Gasteiger partial charge in [-0.3, -0.25) is 0 Å². The van der Waals surface area contributed by atoms with E-state index in [9.17, 15) is 0 Å². The van der Waals surface area contributed by atoms with Crippen LogP contribution in [0.25, 0.3) is 0 Å². The Morgan fingerprint density at radius 2 is 2.10 bits per heavy atom. The Balaban J connectivity index is 2.45. The summed E-state index contributed by atoms with van der Waals surface area (Å²) in [4.78, 5) is 10.6. The lowest BCUT2D eigenvalue weighted by molar-refractivity contribution is 0.318. The van der Waals surface area contributed by atoms with Crippen molar-refractivity contribution in [3.8, 4) is 0 Å². The lowest BCUT2D eigenvalue weighted by atomic mass is 10.2. The van der Waals surface area contributed by atoms with Crippen LogP contribution in [0.2, 0.25) is 0 Å². The molecule has 1 heterocycles. The van der Waals surface area contributed by atoms with Crippen LogP contribution in [-0.2, 0) is 0 Å². The van der Waals surface area contributed by atoms with E-state index in [-0.39, 0.29) is 5.84 Å². The van der Waals surface area contributed by atoms with Crippen molar-refractivity contribution in [3.05, 3.63) is 47.8 Å². The lowest BCUT2D eigenvalue weighted by Crippen LogP contribution is -2.22. The third-order valence-electron chi connectivity index (χ3n) is 2.98. The van der Waals surface area contributed by atoms with Gasteiger partial charge in [0.2, 0.25) is 5.95 Å². The zero-order valence-corrected chi connectivity index (χ0v) is 11.5. The van der Waals surface area contributed by atoms with Gasteiger partial charge in [0.25, 0.3) is 0 Å². The van der Waals surface area contributed by atoms with Crippen molar-refractivity contribution in [1.82, 2.24) is 9.97 Å². The Kier molecular flexibility index (Phi) is 4.14. The van der Waals surface area contributed by atoms with Crippen molar-refractivity contribution < 1.29 is 5.21 Å². The summed E-state index contributed by atoms with van der Waals surface area (Å²) in [5.41, 5.74) is 8.12. The van der Waals surface area contributed by atoms with E-state index < -0.39 is 0 Å². The number of anilines is 2. The van der Waals surface area contributed by atoms with Gasteiger partial charge in [-0.25, -0.2) is 9.97 Å². The molecule has 2 aromatic rings. The number of benzene rings is 1. The molecule has 6 heteroatoms. The van der Waals surface area contributed by atoms with Gasteiger partial charge in [-0.15, -0.1) is 0 Å². The molecule has 104 valence electrons. The summed E-state index contributed by atoms with van der Waals surface area (Å²) in [6, 6.07) is 9.60. The molecule has 0 radical (unpaired) electrons. The van der Waals surface area contributed by atoms with Gasteiger partial charge in [-0.05, 0) is 31.5 Å². The Morgan fingerprint density at radius 3 is 2.75 bits per heavy atom. The number of nitrogens with zero attached hydrogens (tertiary/aromatic N) is 4. The molecule has 0 aliphatic heterocycles. The van der Waals surface area contributed by atoms with Crippen LogP contribution in [0.5, 0.6) is 0 Å². The second-order valence-electron chi connectivity index (χ2n) is 4.26. The number of aryl methyl sites for hydroxylation is 1. The zero-order chi connectivity index (χ0) is 14.5. The summed E-state index contributed by atoms with van der Waals surface area (Å²) >= 11 is 0. The van der Waals surface area contributed by atoms with E-state index in [0.29, 0.717) is 18.2 Å². The number of amidine groups is 1. The molecule has 20 heavy (non-hydrogen) atoms. The molecule has 0 saturated carbocycles. The quantitative estimate of drug-likeness (QED) is 0.384. The average molecular weight is 271 g/mol. The molecule has 0 amide bonds. The van der Waals surface area contributed by atoms with Gasteiger partial charge in [-0.2, -0.15) is 0 Å². The first-order valence-corrected chi connectivity index (χ1v) is 6.31. The highest BCUT2D eigenvalue weighted by molar-refractivity contribution is 5.95. The molecule has 1 aromatic heterocycles. The fourth-order valence-corrected chi connectivity index (χ4v) is 1.96. The number of hydrogen-bond acceptors (Lipinski definition) is 5. The first-order chi connectivity index (χ1) is 9.67. The van der Waals surface area contributed by atoms with Crippen molar-refractivity contribution in [2.45, 2.75) is 13.8 Å². The predicted molar refractivity (Wildman–Crippen MR) is 78.4 cm³/mol. The van der Waals surface area contributed by atoms with E-state index >= 15 is 0 Å². The first-order valence-electron chi connectivity index (χ1n) is 6.31. The molecule has 0 unspecified atom stereocenters. The molecule has 0 aliphatic carbocycles. The topological polar surface area (TPSA) is 87.6 Å². The minimum atomic E-state index is -0.0329. The van der Waals surface area contributed by atoms with Gasteiger partial charge in [0.15, 0.2) is 5.84 Å². The molecule has 0 aliphatic rings. The predicted octanol–water partition coefficient (Wildman–Crippen LogP) is 2.04. The van der Waals surface area contributed by atoms with E-state index in [4.69, 9.17) is 10.9 Å². The summed E-state index contributed by atoms with van der Waals surface area (Å²) in [6.45, 7) is 4.77. The second-order valence-corrected chi connectivity index (χ2v) is 4.26. The number of oxime groups is 1. The Morgan fingerprint density at radius 1 is 1.35 bits per heavy atom. The SMILES string of the molecule is CCN(c1nccc(/C(N)=N/O)n1)c1ccccc1C. The molecule has 0 bridgehead atoms. The molecule has 0 spiro atoms. The van der Waals surface area contributed by atoms with E-state index in [2.05, 4.69) is 15.1 Å². The van der Waals surface area contributed by atoms with Crippen LogP contribution in [0.4, 0.5) is 11.6 Å². The highest BCUT2D eigenvalue weighted by Crippen LogP contribution is 2.25. The molecule has 0 saturated heterocycles. The molecule has 0 fully saturated rings. The van der Waals surface area contributed by atoms with Crippen LogP contribution in [0.3, 0.4) is 0 Å². The van der Waals surface area contributed by atoms with Gasteiger partial charge in [-0.1, -0.05) is 23.4 Å². The number of rotatable bonds is 4. The van der Waals surface area contributed by atoms with Crippen LogP contribution in [-0.4, -0.2) is 27.6 Å². The van der Waals surface area contributed by atoms with Gasteiger partial charge in [0.1, 0.15) is 5.69 Å². The van der Waals surface area contributed by atoms with E-state index in [0.717, 1.165) is 11.3 Å². The van der Waals surface area contributed by atoms with Gasteiger partial charge >= 0.3 is 0 Å². The first kappa shape index (κ1) is 13.8. The fraction of sp³-hybridized carbons (Fsp3) is 0.214. The number of nitrogens with two attached hydrogens (primary N) is 1. The zero-order valence-electron chi connectivity index (χ0n) is 11.5. The maximum absolute atomic E-state index is 8.72. The Bertz CT molecular complexity index is 626. The molecule has 0 atom stereocenters. The maximum Gasteiger partial charge on any atom is 0.230 e. The summed E-state index contributed by atoms with van der Waals surface area (Å²) in [7, 11) is 0. The highest BCUT2D eigenvalue weighted by atomic mass is 16.4. The number of para-hydroxylation sites is 1. The van der Waals surface area contributed by atoms with Crippen molar-refractivity contribution in [3.63, 3.8) is 0 Å². The van der Waals surface area contributed by atoms with Crippen LogP contribution in [0.15, 0.2) is 41.7 Å². The van der Waals surface area contributed by atoms with Gasteiger partial charge in [0.05, 0.1) is 0 Å². The van der Waals surface area contributed by atoms with E-state index in [1.54, 1.807) is 12.3 Å². The standard InChI is InChI=1S/C14H17N5O/c1-3-19(12-7-5-4-6-10(12)2)14-16-9-8-11(17-14)13(15)18-20/h4-9,20H,3H2,1-2H3,(H2,15,18). The normalized spacial score (nSPS) is 11.4. The van der Waals surface area contributed by atoms with E-state index in [1.807, 2.05) is 43.0 Å². The van der Waals surface area contributed by atoms with Crippen LogP contribution in [0.1, 0.15) is 18.2 Å². The molecule has 3 N–H and O–H groups in total. The maximum atomic E-state index is 8.72. The minimum Gasteiger partial charge on any atom is -0.409 e. The highest BCUT2D eigenvalue weighted by Gasteiger charge is 2.13. The largest absolute Gasteiger partial charge is 0.409 e. The third kappa shape index (κ3) is 2.69. The monoisotopic (exact) mass is 271 g/mol. The molecule has 2 rings (SSSR count). The molecular weight excluding hydrogens is 254 g/mol. The fourth-order valence-electron chi connectivity index (χ4n) is 1.96. The number of aromatic nitrogens is 2. The summed E-state index contributed by atoms with van der Waals surface area (Å²) in [6.07, 6.45) is 1.59. The van der Waals surface area contributed by atoms with Gasteiger partial charge in [0, 0.05) is 18.4 Å². The summed E-state index contributed by atoms with van der Waals surface area (Å²) in [5, 5.41) is 11.7. The third-order valence-corrected chi connectivity index (χ3v) is 2.98. The van der Waals surface area contributed by atoms with Crippen molar-refractivity contribution in [2.75, 3.05) is 11.4 Å². The molecular formula is C14H17N5O.